The Bertz CT molecular complexity index is 535. The fraction of sp³-hybridized carbons (Fsp3) is 0.438. The van der Waals surface area contributed by atoms with E-state index in [4.69, 9.17) is 0 Å². The second kappa shape index (κ2) is 5.33. The predicted octanol–water partition coefficient (Wildman–Crippen LogP) is 4.92. The Kier molecular flexibility index (Phi) is 3.95. The molecular weight excluding hydrogens is 252 g/mol. The molecule has 0 amide bonds. The minimum Gasteiger partial charge on any atom is -0.363 e. The van der Waals surface area contributed by atoms with Crippen LogP contribution in [0.3, 0.4) is 0 Å². The molecule has 0 aliphatic rings. The van der Waals surface area contributed by atoms with Gasteiger partial charge >= 0.3 is 0 Å². The van der Waals surface area contributed by atoms with Crippen molar-refractivity contribution in [2.24, 2.45) is 0 Å². The summed E-state index contributed by atoms with van der Waals surface area (Å²) in [6, 6.07) is 8.86. The summed E-state index contributed by atoms with van der Waals surface area (Å²) in [5, 5.41) is 3.45. The molecule has 0 fully saturated rings. The van der Waals surface area contributed by atoms with Crippen LogP contribution in [-0.2, 0) is 5.41 Å². The van der Waals surface area contributed by atoms with Crippen molar-refractivity contribution in [3.8, 4) is 0 Å². The fourth-order valence-corrected chi connectivity index (χ4v) is 2.78. The van der Waals surface area contributed by atoms with Gasteiger partial charge in [-0.15, -0.1) is 11.3 Å². The van der Waals surface area contributed by atoms with Gasteiger partial charge in [-0.2, -0.15) is 0 Å². The van der Waals surface area contributed by atoms with E-state index in [1.54, 1.807) is 0 Å². The molecule has 2 rings (SSSR count). The molecule has 2 heterocycles. The van der Waals surface area contributed by atoms with Crippen molar-refractivity contribution in [3.63, 3.8) is 0 Å². The third kappa shape index (κ3) is 3.57. The number of thiophene rings is 1. The first-order valence-corrected chi connectivity index (χ1v) is 7.47. The van der Waals surface area contributed by atoms with Crippen molar-refractivity contribution in [1.29, 1.82) is 0 Å². The van der Waals surface area contributed by atoms with E-state index in [0.717, 1.165) is 5.82 Å². The molecule has 1 unspecified atom stereocenters. The van der Waals surface area contributed by atoms with E-state index in [9.17, 15) is 0 Å². The maximum Gasteiger partial charge on any atom is 0.126 e. The molecule has 19 heavy (non-hydrogen) atoms. The van der Waals surface area contributed by atoms with Gasteiger partial charge in [-0.3, -0.25) is 0 Å². The highest BCUT2D eigenvalue weighted by molar-refractivity contribution is 7.12. The van der Waals surface area contributed by atoms with Gasteiger partial charge in [0, 0.05) is 16.0 Å². The van der Waals surface area contributed by atoms with Crippen LogP contribution in [0.4, 0.5) is 5.82 Å². The fourth-order valence-electron chi connectivity index (χ4n) is 1.90. The number of hydrogen-bond donors (Lipinski definition) is 1. The summed E-state index contributed by atoms with van der Waals surface area (Å²) in [7, 11) is 0. The van der Waals surface area contributed by atoms with Gasteiger partial charge < -0.3 is 5.32 Å². The molecule has 2 aromatic heterocycles. The first kappa shape index (κ1) is 14.1. The predicted molar refractivity (Wildman–Crippen MR) is 84.0 cm³/mol. The highest BCUT2D eigenvalue weighted by Gasteiger charge is 2.14. The smallest absolute Gasteiger partial charge is 0.126 e. The molecule has 0 aliphatic heterocycles. The Morgan fingerprint density at radius 1 is 1.16 bits per heavy atom. The van der Waals surface area contributed by atoms with E-state index in [-0.39, 0.29) is 5.41 Å². The first-order valence-electron chi connectivity index (χ1n) is 6.65. The molecule has 0 spiro atoms. The zero-order valence-corrected chi connectivity index (χ0v) is 13.1. The van der Waals surface area contributed by atoms with Crippen LogP contribution in [0.25, 0.3) is 0 Å². The molecule has 0 bridgehead atoms. The molecule has 1 atom stereocenters. The van der Waals surface area contributed by atoms with Crippen LogP contribution in [0.5, 0.6) is 0 Å². The molecule has 3 heteroatoms. The van der Waals surface area contributed by atoms with Gasteiger partial charge in [0.1, 0.15) is 5.82 Å². The molecular formula is C16H22N2S. The van der Waals surface area contributed by atoms with Crippen LogP contribution >= 0.6 is 11.3 Å². The van der Waals surface area contributed by atoms with E-state index in [2.05, 4.69) is 69.2 Å². The van der Waals surface area contributed by atoms with Gasteiger partial charge in [-0.25, -0.2) is 4.98 Å². The van der Waals surface area contributed by atoms with Crippen molar-refractivity contribution in [2.45, 2.75) is 46.1 Å². The van der Waals surface area contributed by atoms with Crippen LogP contribution in [-0.4, -0.2) is 4.98 Å². The average molecular weight is 274 g/mol. The summed E-state index contributed by atoms with van der Waals surface area (Å²) in [4.78, 5) is 7.20. The lowest BCUT2D eigenvalue weighted by molar-refractivity contribution is 0.587. The van der Waals surface area contributed by atoms with Crippen LogP contribution in [0.2, 0.25) is 0 Å². The van der Waals surface area contributed by atoms with Crippen molar-refractivity contribution in [1.82, 2.24) is 4.98 Å². The van der Waals surface area contributed by atoms with Gasteiger partial charge in [0.25, 0.3) is 0 Å². The van der Waals surface area contributed by atoms with Crippen LogP contribution in [0.1, 0.15) is 49.1 Å². The van der Waals surface area contributed by atoms with E-state index in [1.807, 2.05) is 17.5 Å². The minimum absolute atomic E-state index is 0.155. The highest BCUT2D eigenvalue weighted by atomic mass is 32.1. The quantitative estimate of drug-likeness (QED) is 0.859. The van der Waals surface area contributed by atoms with Gasteiger partial charge in [0.05, 0.1) is 6.04 Å². The second-order valence-corrected chi connectivity index (χ2v) is 7.32. The maximum absolute atomic E-state index is 4.51. The Morgan fingerprint density at radius 3 is 2.37 bits per heavy atom. The molecule has 2 aromatic rings. The van der Waals surface area contributed by atoms with Crippen LogP contribution < -0.4 is 5.32 Å². The van der Waals surface area contributed by atoms with Crippen molar-refractivity contribution in [2.75, 3.05) is 5.32 Å². The molecule has 0 aliphatic carbocycles. The van der Waals surface area contributed by atoms with Gasteiger partial charge in [-0.05, 0) is 43.0 Å². The Morgan fingerprint density at radius 2 is 1.89 bits per heavy atom. The molecule has 1 N–H and O–H groups in total. The molecule has 0 saturated heterocycles. The first-order chi connectivity index (χ1) is 8.86. The zero-order valence-electron chi connectivity index (χ0n) is 12.3. The molecule has 0 radical (unpaired) electrons. The van der Waals surface area contributed by atoms with E-state index in [1.165, 1.54) is 15.3 Å². The Hall–Kier alpha value is -1.35. The number of nitrogens with one attached hydrogen (secondary N) is 1. The SMILES string of the molecule is Cc1ccc(C(C)Nc2ccc(C(C)(C)C)cn2)s1. The number of pyridine rings is 1. The molecule has 0 saturated carbocycles. The summed E-state index contributed by atoms with van der Waals surface area (Å²) >= 11 is 1.83. The molecule has 0 aromatic carbocycles. The normalized spacial score (nSPS) is 13.3. The van der Waals surface area contributed by atoms with Gasteiger partial charge in [0.15, 0.2) is 0 Å². The summed E-state index contributed by atoms with van der Waals surface area (Å²) < 4.78 is 0. The van der Waals surface area contributed by atoms with E-state index in [0.29, 0.717) is 6.04 Å². The van der Waals surface area contributed by atoms with Crippen molar-refractivity contribution < 1.29 is 0 Å². The lowest BCUT2D eigenvalue weighted by Crippen LogP contribution is -2.12. The van der Waals surface area contributed by atoms with Crippen molar-refractivity contribution in [3.05, 3.63) is 45.8 Å². The Balaban J connectivity index is 2.07. The third-order valence-corrected chi connectivity index (χ3v) is 4.37. The van der Waals surface area contributed by atoms with E-state index < -0.39 is 0 Å². The molecule has 102 valence electrons. The summed E-state index contributed by atoms with van der Waals surface area (Å²) in [5.74, 6) is 0.937. The number of anilines is 1. The minimum atomic E-state index is 0.155. The highest BCUT2D eigenvalue weighted by Crippen LogP contribution is 2.26. The van der Waals surface area contributed by atoms with Crippen LogP contribution in [0, 0.1) is 6.92 Å². The number of aryl methyl sites for hydroxylation is 1. The summed E-state index contributed by atoms with van der Waals surface area (Å²) in [6.45, 7) is 10.9. The maximum atomic E-state index is 4.51. The molecule has 2 nitrogen and oxygen atoms in total. The Labute approximate surface area is 119 Å². The van der Waals surface area contributed by atoms with Gasteiger partial charge in [0.2, 0.25) is 0 Å². The zero-order chi connectivity index (χ0) is 14.0. The topological polar surface area (TPSA) is 24.9 Å². The lowest BCUT2D eigenvalue weighted by atomic mass is 9.88. The summed E-state index contributed by atoms with van der Waals surface area (Å²) in [6.07, 6.45) is 1.97. The summed E-state index contributed by atoms with van der Waals surface area (Å²) in [5.41, 5.74) is 1.42. The lowest BCUT2D eigenvalue weighted by Gasteiger charge is -2.19. The number of aromatic nitrogens is 1. The third-order valence-electron chi connectivity index (χ3n) is 3.18. The van der Waals surface area contributed by atoms with Crippen molar-refractivity contribution >= 4 is 17.2 Å². The van der Waals surface area contributed by atoms with Gasteiger partial charge in [-0.1, -0.05) is 26.8 Å². The standard InChI is InChI=1S/C16H22N2S/c1-11-6-8-14(19-11)12(2)18-15-9-7-13(10-17-15)16(3,4)5/h6-10,12H,1-5H3,(H,17,18). The second-order valence-electron chi connectivity index (χ2n) is 6.00. The number of rotatable bonds is 3. The average Bonchev–Trinajstić information content (AvgIpc) is 2.75. The number of hydrogen-bond acceptors (Lipinski definition) is 3. The van der Waals surface area contributed by atoms with E-state index >= 15 is 0 Å². The largest absolute Gasteiger partial charge is 0.363 e. The van der Waals surface area contributed by atoms with Crippen LogP contribution in [0.15, 0.2) is 30.5 Å². The number of nitrogens with zero attached hydrogens (tertiary/aromatic N) is 1. The monoisotopic (exact) mass is 274 g/mol.